The molecule has 0 saturated heterocycles. The van der Waals surface area contributed by atoms with Gasteiger partial charge in [-0.15, -0.1) is 0 Å². The number of carboxylic acid groups (broad SMARTS) is 1. The average molecular weight is 223 g/mol. The van der Waals surface area contributed by atoms with Crippen LogP contribution in [0.4, 0.5) is 4.79 Å². The van der Waals surface area contributed by atoms with Crippen molar-refractivity contribution in [2.45, 2.75) is 19.9 Å². The van der Waals surface area contributed by atoms with E-state index >= 15 is 0 Å². The molecular weight excluding hydrogens is 206 g/mol. The minimum absolute atomic E-state index is 0.0944. The van der Waals surface area contributed by atoms with Crippen molar-refractivity contribution in [3.8, 4) is 0 Å². The van der Waals surface area contributed by atoms with Crippen molar-refractivity contribution < 1.29 is 9.90 Å². The number of hydrazine groups is 1. The van der Waals surface area contributed by atoms with Gasteiger partial charge in [-0.2, -0.15) is 0 Å². The predicted molar refractivity (Wildman–Crippen MR) is 62.2 cm³/mol. The van der Waals surface area contributed by atoms with Crippen LogP contribution in [0.1, 0.15) is 13.8 Å². The summed E-state index contributed by atoms with van der Waals surface area (Å²) >= 11 is 0. The van der Waals surface area contributed by atoms with E-state index in [1.54, 1.807) is 12.4 Å². The molecule has 16 heavy (non-hydrogen) atoms. The van der Waals surface area contributed by atoms with Crippen LogP contribution in [0.3, 0.4) is 0 Å². The van der Waals surface area contributed by atoms with Gasteiger partial charge < -0.3 is 10.4 Å². The summed E-state index contributed by atoms with van der Waals surface area (Å²) in [4.78, 5) is 10.9. The van der Waals surface area contributed by atoms with E-state index in [0.717, 1.165) is 10.6 Å². The summed E-state index contributed by atoms with van der Waals surface area (Å²) in [5.41, 5.74) is 0.838. The summed E-state index contributed by atoms with van der Waals surface area (Å²) in [6, 6.07) is -0.360. The maximum atomic E-state index is 10.9. The molecule has 0 spiro atoms. The Labute approximate surface area is 94.9 Å². The molecule has 0 aromatic rings. The van der Waals surface area contributed by atoms with Crippen molar-refractivity contribution in [1.29, 1.82) is 0 Å². The van der Waals surface area contributed by atoms with Crippen LogP contribution in [0.5, 0.6) is 0 Å². The van der Waals surface area contributed by atoms with Crippen LogP contribution in [-0.2, 0) is 0 Å². The third-order valence-electron chi connectivity index (χ3n) is 2.34. The largest absolute Gasteiger partial charge is 0.464 e. The van der Waals surface area contributed by atoms with E-state index in [9.17, 15) is 4.79 Å². The zero-order valence-corrected chi connectivity index (χ0v) is 9.42. The van der Waals surface area contributed by atoms with E-state index < -0.39 is 6.09 Å². The minimum atomic E-state index is -1.13. The summed E-state index contributed by atoms with van der Waals surface area (Å²) in [5.74, 6) is 5.65. The second-order valence-electron chi connectivity index (χ2n) is 3.91. The molecule has 1 rings (SSSR count). The molecule has 0 fully saturated rings. The number of hydrogen-bond donors (Lipinski definition) is 3. The summed E-state index contributed by atoms with van der Waals surface area (Å²) < 4.78 is 0. The van der Waals surface area contributed by atoms with Gasteiger partial charge in [-0.3, -0.25) is 0 Å². The highest BCUT2D eigenvalue weighted by Crippen LogP contribution is 2.18. The second kappa shape index (κ2) is 5.37. The lowest BCUT2D eigenvalue weighted by Crippen LogP contribution is -2.48. The number of allylic oxidation sites excluding steroid dienone is 2. The Balaban J connectivity index is 2.94. The minimum Gasteiger partial charge on any atom is -0.464 e. The lowest BCUT2D eigenvalue weighted by Gasteiger charge is -2.29. The van der Waals surface area contributed by atoms with Gasteiger partial charge >= 0.3 is 6.09 Å². The number of nitrogens with two attached hydrogens (primary N) is 1. The van der Waals surface area contributed by atoms with Crippen LogP contribution in [0.2, 0.25) is 0 Å². The third-order valence-corrected chi connectivity index (χ3v) is 2.34. The number of nitrogens with one attached hydrogen (secondary N) is 1. The standard InChI is InChI=1S/C11H17N3O2/c1-8(2)10(14(12)11(15)16)9-5-3-4-6-13-7-9/h3-8,10,13H,12H2,1-2H3,(H,15,16). The summed E-state index contributed by atoms with van der Waals surface area (Å²) in [6.45, 7) is 3.86. The molecule has 1 atom stereocenters. The number of hydrogen-bond acceptors (Lipinski definition) is 3. The van der Waals surface area contributed by atoms with Gasteiger partial charge in [0.15, 0.2) is 0 Å². The maximum Gasteiger partial charge on any atom is 0.422 e. The van der Waals surface area contributed by atoms with Crippen molar-refractivity contribution in [1.82, 2.24) is 10.3 Å². The smallest absolute Gasteiger partial charge is 0.422 e. The highest BCUT2D eigenvalue weighted by molar-refractivity contribution is 5.65. The fraction of sp³-hybridized carbons (Fsp3) is 0.364. The summed E-state index contributed by atoms with van der Waals surface area (Å²) in [6.07, 6.45) is 7.92. The van der Waals surface area contributed by atoms with Gasteiger partial charge in [-0.1, -0.05) is 26.0 Å². The Morgan fingerprint density at radius 1 is 1.50 bits per heavy atom. The molecule has 5 nitrogen and oxygen atoms in total. The molecule has 1 aliphatic heterocycles. The van der Waals surface area contributed by atoms with Crippen LogP contribution in [0.25, 0.3) is 0 Å². The lowest BCUT2D eigenvalue weighted by molar-refractivity contribution is 0.121. The molecule has 88 valence electrons. The van der Waals surface area contributed by atoms with Crippen molar-refractivity contribution in [3.63, 3.8) is 0 Å². The van der Waals surface area contributed by atoms with E-state index in [1.165, 1.54) is 0 Å². The normalized spacial score (nSPS) is 16.4. The molecule has 0 saturated carbocycles. The van der Waals surface area contributed by atoms with E-state index in [1.807, 2.05) is 32.1 Å². The molecule has 5 heteroatoms. The molecule has 0 aromatic heterocycles. The molecular formula is C11H17N3O2. The Kier molecular flexibility index (Phi) is 4.13. The summed E-state index contributed by atoms with van der Waals surface area (Å²) in [7, 11) is 0. The Hall–Kier alpha value is -1.75. The van der Waals surface area contributed by atoms with Crippen molar-refractivity contribution in [2.75, 3.05) is 0 Å². The monoisotopic (exact) mass is 223 g/mol. The molecule has 1 heterocycles. The maximum absolute atomic E-state index is 10.9. The molecule has 0 aromatic carbocycles. The van der Waals surface area contributed by atoms with Gasteiger partial charge in [-0.05, 0) is 17.6 Å². The Morgan fingerprint density at radius 3 is 2.75 bits per heavy atom. The van der Waals surface area contributed by atoms with Crippen LogP contribution in [0, 0.1) is 5.92 Å². The zero-order valence-electron chi connectivity index (χ0n) is 9.42. The lowest BCUT2D eigenvalue weighted by atomic mass is 9.95. The number of amides is 1. The van der Waals surface area contributed by atoms with Crippen LogP contribution >= 0.6 is 0 Å². The first kappa shape index (κ1) is 12.3. The fourth-order valence-electron chi connectivity index (χ4n) is 1.64. The third kappa shape index (κ3) is 2.87. The Morgan fingerprint density at radius 2 is 2.19 bits per heavy atom. The first-order valence-corrected chi connectivity index (χ1v) is 5.10. The van der Waals surface area contributed by atoms with Gasteiger partial charge in [0, 0.05) is 12.4 Å². The van der Waals surface area contributed by atoms with Gasteiger partial charge in [0.25, 0.3) is 0 Å². The van der Waals surface area contributed by atoms with Crippen molar-refractivity contribution in [2.24, 2.45) is 11.8 Å². The second-order valence-corrected chi connectivity index (χ2v) is 3.91. The molecule has 0 bridgehead atoms. The fourth-order valence-corrected chi connectivity index (χ4v) is 1.64. The number of nitrogens with zero attached hydrogens (tertiary/aromatic N) is 1. The highest BCUT2D eigenvalue weighted by atomic mass is 16.4. The van der Waals surface area contributed by atoms with Gasteiger partial charge in [0.05, 0.1) is 6.04 Å². The molecule has 0 radical (unpaired) electrons. The summed E-state index contributed by atoms with van der Waals surface area (Å²) in [5, 5.41) is 12.7. The molecule has 1 amide bonds. The van der Waals surface area contributed by atoms with Crippen LogP contribution in [-0.4, -0.2) is 22.3 Å². The predicted octanol–water partition coefficient (Wildman–Crippen LogP) is 1.42. The van der Waals surface area contributed by atoms with E-state index in [2.05, 4.69) is 5.32 Å². The molecule has 1 aliphatic rings. The van der Waals surface area contributed by atoms with Crippen LogP contribution < -0.4 is 11.2 Å². The topological polar surface area (TPSA) is 78.6 Å². The van der Waals surface area contributed by atoms with Gasteiger partial charge in [-0.25, -0.2) is 15.6 Å². The SMILES string of the molecule is CC(C)C(C1=CNC=CC=C1)N(N)C(=O)O. The molecule has 1 unspecified atom stereocenters. The quantitative estimate of drug-likeness (QED) is 0.384. The van der Waals surface area contributed by atoms with E-state index in [-0.39, 0.29) is 12.0 Å². The molecule has 4 N–H and O–H groups in total. The first-order chi connectivity index (χ1) is 7.54. The highest BCUT2D eigenvalue weighted by Gasteiger charge is 2.26. The van der Waals surface area contributed by atoms with Crippen molar-refractivity contribution in [3.05, 3.63) is 36.2 Å². The zero-order chi connectivity index (χ0) is 12.1. The number of rotatable bonds is 3. The first-order valence-electron chi connectivity index (χ1n) is 5.10. The van der Waals surface area contributed by atoms with Gasteiger partial charge in [0.1, 0.15) is 0 Å². The van der Waals surface area contributed by atoms with E-state index in [4.69, 9.17) is 10.9 Å². The van der Waals surface area contributed by atoms with E-state index in [0.29, 0.717) is 0 Å². The average Bonchev–Trinajstić information content (AvgIpc) is 2.46. The molecule has 0 aliphatic carbocycles. The number of carbonyl (C=O) groups is 1. The Bertz CT molecular complexity index is 345. The van der Waals surface area contributed by atoms with Crippen LogP contribution in [0.15, 0.2) is 36.2 Å². The van der Waals surface area contributed by atoms with Gasteiger partial charge in [0.2, 0.25) is 0 Å². The van der Waals surface area contributed by atoms with Crippen molar-refractivity contribution >= 4 is 6.09 Å².